The molecule has 0 radical (unpaired) electrons. The highest BCUT2D eigenvalue weighted by Crippen LogP contribution is 2.38. The number of ether oxygens (including phenoxy) is 2. The van der Waals surface area contributed by atoms with E-state index in [4.69, 9.17) is 31.7 Å². The van der Waals surface area contributed by atoms with E-state index in [1.807, 2.05) is 87.3 Å². The summed E-state index contributed by atoms with van der Waals surface area (Å²) < 4.78 is 19.5. The number of hydrogen-bond donors (Lipinski definition) is 5. The molecule has 57 heavy (non-hydrogen) atoms. The topological polar surface area (TPSA) is 213 Å². The van der Waals surface area contributed by atoms with Gasteiger partial charge >= 0.3 is 0 Å². The molecule has 0 aliphatic rings. The number of allylic oxidation sites excluding steroid dienone is 2. The fourth-order valence-corrected chi connectivity index (χ4v) is 7.06. The molecule has 0 saturated heterocycles. The Labute approximate surface area is 331 Å². The fraction of sp³-hybridized carbons (Fsp3) is 0.341. The summed E-state index contributed by atoms with van der Waals surface area (Å²) in [7, 11) is 3.51. The van der Waals surface area contributed by atoms with Gasteiger partial charge in [-0.05, 0) is 103 Å². The molecule has 2 amide bonds. The predicted octanol–water partition coefficient (Wildman–Crippen LogP) is 4.99. The molecule has 0 bridgehead atoms. The van der Waals surface area contributed by atoms with Crippen LogP contribution in [0.5, 0.6) is 11.5 Å². The smallest absolute Gasteiger partial charge is 0.276 e. The molecule has 2 aromatic carbocycles. The Hall–Kier alpha value is -6.55. The summed E-state index contributed by atoms with van der Waals surface area (Å²) in [6.07, 6.45) is 6.58. The summed E-state index contributed by atoms with van der Waals surface area (Å²) in [5.41, 5.74) is 27.1. The molecule has 4 heterocycles. The summed E-state index contributed by atoms with van der Waals surface area (Å²) in [6.45, 7) is 12.6. The number of nitrogens with zero attached hydrogens (tertiary/aromatic N) is 7. The molecule has 0 saturated carbocycles. The van der Waals surface area contributed by atoms with Crippen molar-refractivity contribution in [1.82, 2.24) is 39.0 Å². The molecule has 0 atom stereocenters. The van der Waals surface area contributed by atoms with E-state index in [-0.39, 0.29) is 24.0 Å². The zero-order valence-electron chi connectivity index (χ0n) is 33.6. The van der Waals surface area contributed by atoms with Crippen molar-refractivity contribution in [2.75, 3.05) is 38.4 Å². The lowest BCUT2D eigenvalue weighted by Gasteiger charge is -2.13. The van der Waals surface area contributed by atoms with Crippen LogP contribution in [0.1, 0.15) is 69.5 Å². The fourth-order valence-electron chi connectivity index (χ4n) is 7.06. The number of imidazole rings is 1. The first-order valence-corrected chi connectivity index (χ1v) is 19.0. The van der Waals surface area contributed by atoms with Gasteiger partial charge in [0.05, 0.1) is 58.9 Å². The summed E-state index contributed by atoms with van der Waals surface area (Å²) in [6, 6.07) is 10.9. The maximum absolute atomic E-state index is 13.7. The van der Waals surface area contributed by atoms with E-state index in [1.165, 1.54) is 0 Å². The minimum atomic E-state index is -0.622. The lowest BCUT2D eigenvalue weighted by atomic mass is 10.1. The average Bonchev–Trinajstić information content (AvgIpc) is 3.93. The number of carbonyl (C=O) groups excluding carboxylic acids is 2. The number of aryl methyl sites for hydroxylation is 5. The van der Waals surface area contributed by atoms with Crippen molar-refractivity contribution in [3.63, 3.8) is 0 Å². The predicted molar refractivity (Wildman–Crippen MR) is 224 cm³/mol. The number of hydrogen-bond acceptors (Lipinski definition) is 10. The first-order chi connectivity index (χ1) is 27.4. The minimum absolute atomic E-state index is 0.238. The molecule has 16 heteroatoms. The lowest BCUT2D eigenvalue weighted by molar-refractivity contribution is 0.0995. The number of methoxy groups -OCH3 is 1. The van der Waals surface area contributed by atoms with Crippen LogP contribution in [0.3, 0.4) is 0 Å². The standard InChI is InChI=1S/C41H52N12O4/c1-8-52-31(19-25(4)48-52)29(42)23-32-36(43)28-17-24(3)18-34(56-7)37(28)50(32)14-10-11-15-51-38-30(21-27(39(44)54)22-35(38)57-16-12-13-45-6)46-41(51)47-40(55)33-20-26(5)49-53(33)9-2/h10-11,17-23,45H,8-9,12-16,42-43H2,1-7H3,(H2,44,54)(H,46,47,55)/b11-10+,29-23-. The van der Waals surface area contributed by atoms with E-state index < -0.39 is 5.91 Å². The van der Waals surface area contributed by atoms with E-state index >= 15 is 0 Å². The van der Waals surface area contributed by atoms with Gasteiger partial charge in [0, 0.05) is 37.1 Å². The van der Waals surface area contributed by atoms with Crippen LogP contribution in [0.2, 0.25) is 0 Å². The van der Waals surface area contributed by atoms with Crippen molar-refractivity contribution in [3.05, 3.63) is 88.1 Å². The van der Waals surface area contributed by atoms with Gasteiger partial charge < -0.3 is 41.1 Å². The van der Waals surface area contributed by atoms with Gasteiger partial charge in [0.15, 0.2) is 0 Å². The second-order valence-electron chi connectivity index (χ2n) is 13.8. The highest BCUT2D eigenvalue weighted by Gasteiger charge is 2.23. The summed E-state index contributed by atoms with van der Waals surface area (Å²) >= 11 is 0. The highest BCUT2D eigenvalue weighted by atomic mass is 16.5. The Balaban J connectivity index is 1.44. The van der Waals surface area contributed by atoms with Gasteiger partial charge in [0.2, 0.25) is 11.9 Å². The molecule has 8 N–H and O–H groups in total. The van der Waals surface area contributed by atoms with E-state index in [0.29, 0.717) is 71.5 Å². The van der Waals surface area contributed by atoms with Gasteiger partial charge in [-0.1, -0.05) is 12.2 Å². The number of rotatable bonds is 17. The molecular weight excluding hydrogens is 725 g/mol. The SMILES string of the molecule is CCn1nc(C)cc1C(=O)Nc1nc2cc(C(N)=O)cc(OCCCNC)c2n1C/C=C/Cn1c(/C=C(\N)c2cc(C)nn2CC)c(N)c2cc(C)cc(OC)c21. The van der Waals surface area contributed by atoms with Gasteiger partial charge in [-0.3, -0.25) is 24.3 Å². The van der Waals surface area contributed by atoms with E-state index in [2.05, 4.69) is 25.4 Å². The molecule has 0 aliphatic carbocycles. The highest BCUT2D eigenvalue weighted by molar-refractivity contribution is 6.04. The number of fused-ring (bicyclic) bond motifs is 2. The molecule has 6 aromatic rings. The van der Waals surface area contributed by atoms with Crippen LogP contribution < -0.4 is 37.3 Å². The Morgan fingerprint density at radius 2 is 1.53 bits per heavy atom. The second kappa shape index (κ2) is 17.1. The Morgan fingerprint density at radius 3 is 2.18 bits per heavy atom. The minimum Gasteiger partial charge on any atom is -0.495 e. The molecule has 4 aromatic heterocycles. The third-order valence-electron chi connectivity index (χ3n) is 9.68. The van der Waals surface area contributed by atoms with Crippen molar-refractivity contribution >= 4 is 57.2 Å². The first-order valence-electron chi connectivity index (χ1n) is 19.0. The van der Waals surface area contributed by atoms with Gasteiger partial charge in [-0.2, -0.15) is 10.2 Å². The van der Waals surface area contributed by atoms with Crippen LogP contribution in [0, 0.1) is 20.8 Å². The van der Waals surface area contributed by atoms with Gasteiger partial charge in [-0.15, -0.1) is 0 Å². The Morgan fingerprint density at radius 1 is 0.860 bits per heavy atom. The summed E-state index contributed by atoms with van der Waals surface area (Å²) in [5, 5.41) is 16.0. The molecule has 6 rings (SSSR count). The van der Waals surface area contributed by atoms with Crippen LogP contribution in [0.4, 0.5) is 11.6 Å². The number of nitrogens with two attached hydrogens (primary N) is 3. The third kappa shape index (κ3) is 8.21. The number of amides is 2. The molecular formula is C41H52N12O4. The van der Waals surface area contributed by atoms with Crippen LogP contribution in [0.15, 0.2) is 48.6 Å². The maximum Gasteiger partial charge on any atom is 0.276 e. The molecule has 0 spiro atoms. The maximum atomic E-state index is 13.7. The van der Waals surface area contributed by atoms with Crippen LogP contribution in [0.25, 0.3) is 33.7 Å². The largest absolute Gasteiger partial charge is 0.495 e. The lowest BCUT2D eigenvalue weighted by Crippen LogP contribution is -2.20. The zero-order chi connectivity index (χ0) is 41.0. The van der Waals surface area contributed by atoms with Crippen LogP contribution >= 0.6 is 0 Å². The van der Waals surface area contributed by atoms with Crippen LogP contribution in [-0.2, 0) is 26.2 Å². The Kier molecular flexibility index (Phi) is 12.0. The number of anilines is 2. The second-order valence-corrected chi connectivity index (χ2v) is 13.8. The van der Waals surface area contributed by atoms with E-state index in [1.54, 1.807) is 30.0 Å². The third-order valence-corrected chi connectivity index (χ3v) is 9.68. The number of aromatic nitrogens is 7. The van der Waals surface area contributed by atoms with Gasteiger partial charge in [0.25, 0.3) is 5.91 Å². The zero-order valence-corrected chi connectivity index (χ0v) is 33.6. The number of nitrogen functional groups attached to an aromatic ring is 1. The summed E-state index contributed by atoms with van der Waals surface area (Å²) in [5.74, 6) is 0.352. The van der Waals surface area contributed by atoms with E-state index in [9.17, 15) is 9.59 Å². The van der Waals surface area contributed by atoms with Gasteiger partial charge in [-0.25, -0.2) is 4.98 Å². The molecule has 16 nitrogen and oxygen atoms in total. The Bertz CT molecular complexity index is 2520. The van der Waals surface area contributed by atoms with Crippen molar-refractivity contribution in [3.8, 4) is 11.5 Å². The average molecular weight is 777 g/mol. The number of nitrogens with one attached hydrogen (secondary N) is 2. The molecule has 0 aliphatic heterocycles. The summed E-state index contributed by atoms with van der Waals surface area (Å²) in [4.78, 5) is 30.9. The molecule has 0 unspecified atom stereocenters. The quantitative estimate of drug-likeness (QED) is 0.0618. The molecule has 300 valence electrons. The van der Waals surface area contributed by atoms with E-state index in [0.717, 1.165) is 46.5 Å². The van der Waals surface area contributed by atoms with Crippen molar-refractivity contribution in [2.45, 2.75) is 67.2 Å². The monoisotopic (exact) mass is 776 g/mol. The van der Waals surface area contributed by atoms with Crippen molar-refractivity contribution in [1.29, 1.82) is 0 Å². The number of carbonyl (C=O) groups is 2. The number of benzene rings is 2. The molecule has 0 fully saturated rings. The van der Waals surface area contributed by atoms with Crippen molar-refractivity contribution < 1.29 is 19.1 Å². The number of primary amides is 1. The normalized spacial score (nSPS) is 12.0. The van der Waals surface area contributed by atoms with Crippen molar-refractivity contribution in [2.24, 2.45) is 11.5 Å². The van der Waals surface area contributed by atoms with Gasteiger partial charge in [0.1, 0.15) is 22.7 Å². The first kappa shape index (κ1) is 40.1. The van der Waals surface area contributed by atoms with Crippen LogP contribution in [-0.4, -0.2) is 72.8 Å².